The number of rotatable bonds is 9. The molecular weight excluding hydrogens is 433 g/mol. The highest BCUT2D eigenvalue weighted by molar-refractivity contribution is 6.30. The van der Waals surface area contributed by atoms with E-state index in [1.807, 2.05) is 13.0 Å². The third-order valence-electron chi connectivity index (χ3n) is 5.79. The molecule has 2 aromatic rings. The molecule has 1 saturated heterocycles. The van der Waals surface area contributed by atoms with E-state index in [9.17, 15) is 9.18 Å². The molecule has 0 N–H and O–H groups in total. The van der Waals surface area contributed by atoms with Crippen molar-refractivity contribution >= 4 is 23.3 Å². The molecule has 0 aliphatic carbocycles. The predicted molar refractivity (Wildman–Crippen MR) is 125 cm³/mol. The van der Waals surface area contributed by atoms with Crippen LogP contribution in [0.1, 0.15) is 24.6 Å². The van der Waals surface area contributed by atoms with E-state index >= 15 is 0 Å². The van der Waals surface area contributed by atoms with Gasteiger partial charge in [0.1, 0.15) is 17.0 Å². The number of likely N-dealkylation sites (N-methyl/N-ethyl adjacent to an activating group) is 1. The van der Waals surface area contributed by atoms with Crippen molar-refractivity contribution in [2.45, 2.75) is 32.2 Å². The quantitative estimate of drug-likeness (QED) is 0.421. The van der Waals surface area contributed by atoms with Crippen LogP contribution < -0.4 is 4.90 Å². The maximum absolute atomic E-state index is 14.0. The summed E-state index contributed by atoms with van der Waals surface area (Å²) in [5, 5.41) is 4.15. The topological polar surface area (TPSA) is 53.8 Å². The highest BCUT2D eigenvalue weighted by atomic mass is 35.5. The second-order valence-electron chi connectivity index (χ2n) is 8.29. The second-order valence-corrected chi connectivity index (χ2v) is 8.95. The predicted octanol–water partition coefficient (Wildman–Crippen LogP) is 3.06. The van der Waals surface area contributed by atoms with Crippen molar-refractivity contribution in [1.29, 1.82) is 0 Å². The Morgan fingerprint density at radius 1 is 1.31 bits per heavy atom. The van der Waals surface area contributed by atoms with E-state index in [1.165, 1.54) is 12.1 Å². The van der Waals surface area contributed by atoms with Gasteiger partial charge in [-0.15, -0.1) is 11.6 Å². The number of ether oxygens (including phenoxy) is 1. The van der Waals surface area contributed by atoms with Gasteiger partial charge in [-0.3, -0.25) is 4.79 Å². The van der Waals surface area contributed by atoms with Gasteiger partial charge in [0, 0.05) is 52.0 Å². The highest BCUT2D eigenvalue weighted by Gasteiger charge is 2.28. The van der Waals surface area contributed by atoms with E-state index in [4.69, 9.17) is 21.4 Å². The number of hydrogen-bond donors (Lipinski definition) is 0. The summed E-state index contributed by atoms with van der Waals surface area (Å²) < 4.78 is 21.0. The Bertz CT molecular complexity index is 912. The van der Waals surface area contributed by atoms with Crippen LogP contribution in [0.5, 0.6) is 0 Å². The molecule has 32 heavy (non-hydrogen) atoms. The Balaban J connectivity index is 2.02. The number of benzene rings is 1. The van der Waals surface area contributed by atoms with E-state index in [-0.39, 0.29) is 11.7 Å². The van der Waals surface area contributed by atoms with Crippen molar-refractivity contribution in [3.8, 4) is 5.69 Å². The van der Waals surface area contributed by atoms with Gasteiger partial charge in [-0.05, 0) is 45.5 Å². The third-order valence-corrected chi connectivity index (χ3v) is 5.98. The van der Waals surface area contributed by atoms with Crippen molar-refractivity contribution in [3.05, 3.63) is 41.3 Å². The number of aromatic nitrogens is 2. The smallest absolute Gasteiger partial charge is 0.240 e. The van der Waals surface area contributed by atoms with Gasteiger partial charge in [-0.1, -0.05) is 6.07 Å². The summed E-state index contributed by atoms with van der Waals surface area (Å²) in [6, 6.07) is 6.44. The van der Waals surface area contributed by atoms with Crippen molar-refractivity contribution in [2.75, 3.05) is 58.4 Å². The van der Waals surface area contributed by atoms with Crippen LogP contribution in [-0.4, -0.2) is 84.4 Å². The molecule has 0 radical (unpaired) electrons. The molecule has 0 bridgehead atoms. The first-order valence-electron chi connectivity index (χ1n) is 11.0. The molecule has 2 heterocycles. The molecule has 9 heteroatoms. The number of carbonyl (C=O) groups excluding carboxylic acids is 1. The molecule has 1 aliphatic heterocycles. The average molecular weight is 466 g/mol. The fraction of sp³-hybridized carbons (Fsp3) is 0.565. The molecule has 1 aromatic heterocycles. The molecule has 0 unspecified atom stereocenters. The fourth-order valence-corrected chi connectivity index (χ4v) is 4.11. The maximum Gasteiger partial charge on any atom is 0.240 e. The number of piperazine rings is 1. The Morgan fingerprint density at radius 2 is 2.03 bits per heavy atom. The summed E-state index contributed by atoms with van der Waals surface area (Å²) in [5.74, 6) is 0.479. The summed E-state index contributed by atoms with van der Waals surface area (Å²) in [6.07, 6.45) is 0.715. The molecule has 0 saturated carbocycles. The number of carbonyl (C=O) groups is 1. The van der Waals surface area contributed by atoms with E-state index < -0.39 is 5.38 Å². The van der Waals surface area contributed by atoms with Crippen LogP contribution in [0.2, 0.25) is 0 Å². The summed E-state index contributed by atoms with van der Waals surface area (Å²) in [6.45, 7) is 8.61. The monoisotopic (exact) mass is 465 g/mol. The average Bonchev–Trinajstić information content (AvgIpc) is 3.09. The number of nitrogens with zero attached hydrogens (tertiary/aromatic N) is 5. The van der Waals surface area contributed by atoms with Crippen LogP contribution in [0.4, 0.5) is 10.2 Å². The van der Waals surface area contributed by atoms with Gasteiger partial charge in [0.2, 0.25) is 5.91 Å². The first-order valence-corrected chi connectivity index (χ1v) is 11.4. The second kappa shape index (κ2) is 11.1. The minimum Gasteiger partial charge on any atom is -0.385 e. The number of alkyl halides is 1. The standard InChI is InChI=1S/C23H33ClFN5O2/c1-17(24)23(31)29(9-6-14-32-4)16-21-18(2)26-30(20-8-5-7-19(25)15-20)22(21)28-12-10-27(3)11-13-28/h5,7-8,15,17H,6,9-14,16H2,1-4H3/t17-/m1/s1. The summed E-state index contributed by atoms with van der Waals surface area (Å²) in [4.78, 5) is 19.2. The van der Waals surface area contributed by atoms with E-state index in [0.717, 1.165) is 43.3 Å². The number of halogens is 2. The molecule has 1 atom stereocenters. The number of hydrogen-bond acceptors (Lipinski definition) is 5. The highest BCUT2D eigenvalue weighted by Crippen LogP contribution is 2.30. The van der Waals surface area contributed by atoms with Gasteiger partial charge in [-0.25, -0.2) is 9.07 Å². The van der Waals surface area contributed by atoms with Crippen molar-refractivity contribution in [3.63, 3.8) is 0 Å². The summed E-state index contributed by atoms with van der Waals surface area (Å²) in [7, 11) is 3.75. The zero-order chi connectivity index (χ0) is 23.3. The van der Waals surface area contributed by atoms with Crippen LogP contribution in [0.15, 0.2) is 24.3 Å². The van der Waals surface area contributed by atoms with Gasteiger partial charge in [0.05, 0.1) is 17.9 Å². The van der Waals surface area contributed by atoms with Gasteiger partial charge < -0.3 is 19.4 Å². The molecule has 1 aromatic carbocycles. The third kappa shape index (κ3) is 5.79. The van der Waals surface area contributed by atoms with Crippen molar-refractivity contribution in [1.82, 2.24) is 19.6 Å². The number of amides is 1. The van der Waals surface area contributed by atoms with Crippen molar-refractivity contribution in [2.24, 2.45) is 0 Å². The molecule has 1 amide bonds. The number of aryl methyl sites for hydroxylation is 1. The van der Waals surface area contributed by atoms with Crippen LogP contribution in [-0.2, 0) is 16.1 Å². The molecule has 1 aliphatic rings. The Labute approximate surface area is 194 Å². The SMILES string of the molecule is COCCCN(Cc1c(C)nn(-c2cccc(F)c2)c1N1CCN(C)CC1)C(=O)[C@@H](C)Cl. The Hall–Kier alpha value is -2.16. The zero-order valence-electron chi connectivity index (χ0n) is 19.4. The lowest BCUT2D eigenvalue weighted by molar-refractivity contribution is -0.131. The maximum atomic E-state index is 14.0. The minimum atomic E-state index is -0.622. The Morgan fingerprint density at radius 3 is 2.66 bits per heavy atom. The molecular formula is C23H33ClFN5O2. The molecule has 7 nitrogen and oxygen atoms in total. The lowest BCUT2D eigenvalue weighted by Gasteiger charge is -2.35. The first-order chi connectivity index (χ1) is 15.3. The summed E-state index contributed by atoms with van der Waals surface area (Å²) in [5.41, 5.74) is 2.44. The van der Waals surface area contributed by atoms with E-state index in [0.29, 0.717) is 31.8 Å². The van der Waals surface area contributed by atoms with Crippen LogP contribution >= 0.6 is 11.6 Å². The first kappa shape index (κ1) is 24.5. The van der Waals surface area contributed by atoms with Crippen LogP contribution in [0, 0.1) is 12.7 Å². The van der Waals surface area contributed by atoms with Gasteiger partial charge in [0.15, 0.2) is 0 Å². The lowest BCUT2D eigenvalue weighted by Crippen LogP contribution is -2.46. The van der Waals surface area contributed by atoms with Gasteiger partial charge in [-0.2, -0.15) is 5.10 Å². The molecule has 1 fully saturated rings. The van der Waals surface area contributed by atoms with Gasteiger partial charge in [0.25, 0.3) is 0 Å². The Kier molecular flexibility index (Phi) is 8.51. The van der Waals surface area contributed by atoms with Crippen molar-refractivity contribution < 1.29 is 13.9 Å². The van der Waals surface area contributed by atoms with Crippen LogP contribution in [0.25, 0.3) is 5.69 Å². The molecule has 3 rings (SSSR count). The molecule has 176 valence electrons. The lowest BCUT2D eigenvalue weighted by atomic mass is 10.1. The van der Waals surface area contributed by atoms with E-state index in [2.05, 4.69) is 16.8 Å². The number of methoxy groups -OCH3 is 1. The number of anilines is 1. The van der Waals surface area contributed by atoms with Gasteiger partial charge >= 0.3 is 0 Å². The normalized spacial score (nSPS) is 15.8. The van der Waals surface area contributed by atoms with E-state index in [1.54, 1.807) is 29.7 Å². The molecule has 0 spiro atoms. The zero-order valence-corrected chi connectivity index (χ0v) is 20.1. The van der Waals surface area contributed by atoms with Crippen LogP contribution in [0.3, 0.4) is 0 Å². The minimum absolute atomic E-state index is 0.120. The summed E-state index contributed by atoms with van der Waals surface area (Å²) >= 11 is 6.16. The fourth-order valence-electron chi connectivity index (χ4n) is 3.97. The largest absolute Gasteiger partial charge is 0.385 e.